The van der Waals surface area contributed by atoms with E-state index in [2.05, 4.69) is 47.6 Å². The van der Waals surface area contributed by atoms with E-state index in [9.17, 15) is 4.79 Å². The molecule has 0 bridgehead atoms. The lowest BCUT2D eigenvalue weighted by molar-refractivity contribution is -0.140. The lowest BCUT2D eigenvalue weighted by atomic mass is 9.87. The standard InChI is InChI=1S/C26H44O2/c1-20-21(2)23(14-10-9-12-16-25(4,5)6)18-24(22(20)3)15-11-13-17-26(7,8)28-19-27/h18-19H,9-17H2,1-8H3. The first-order chi connectivity index (χ1) is 13.0. The predicted octanol–water partition coefficient (Wildman–Crippen LogP) is 7.43. The summed E-state index contributed by atoms with van der Waals surface area (Å²) in [7, 11) is 0. The van der Waals surface area contributed by atoms with Crippen LogP contribution in [0.1, 0.15) is 107 Å². The van der Waals surface area contributed by atoms with Crippen molar-refractivity contribution >= 4 is 6.47 Å². The quantitative estimate of drug-likeness (QED) is 0.275. The van der Waals surface area contributed by atoms with Gasteiger partial charge in [-0.15, -0.1) is 0 Å². The molecule has 0 radical (unpaired) electrons. The summed E-state index contributed by atoms with van der Waals surface area (Å²) in [5.41, 5.74) is 7.55. The van der Waals surface area contributed by atoms with E-state index >= 15 is 0 Å². The summed E-state index contributed by atoms with van der Waals surface area (Å²) >= 11 is 0. The van der Waals surface area contributed by atoms with E-state index in [1.807, 2.05) is 13.8 Å². The lowest BCUT2D eigenvalue weighted by Gasteiger charge is -2.22. The Bertz CT molecular complexity index is 620. The SMILES string of the molecule is Cc1c(CCCCCC(C)(C)C)cc(CCCCC(C)(C)OC=O)c(C)c1C. The van der Waals surface area contributed by atoms with Crippen LogP contribution < -0.4 is 0 Å². The van der Waals surface area contributed by atoms with E-state index in [0.29, 0.717) is 11.9 Å². The van der Waals surface area contributed by atoms with Gasteiger partial charge in [0.1, 0.15) is 5.60 Å². The maximum atomic E-state index is 10.6. The number of benzene rings is 1. The topological polar surface area (TPSA) is 26.3 Å². The molecule has 0 aliphatic heterocycles. The fourth-order valence-corrected chi connectivity index (χ4v) is 3.91. The lowest BCUT2D eigenvalue weighted by Crippen LogP contribution is -2.23. The zero-order chi connectivity index (χ0) is 21.4. The second-order valence-electron chi connectivity index (χ2n) is 10.4. The number of carbonyl (C=O) groups excluding carboxylic acids is 1. The second-order valence-corrected chi connectivity index (χ2v) is 10.4. The normalized spacial score (nSPS) is 12.3. The number of rotatable bonds is 12. The minimum absolute atomic E-state index is 0.349. The monoisotopic (exact) mass is 388 g/mol. The molecular formula is C26H44O2. The number of aryl methyl sites for hydroxylation is 2. The van der Waals surface area contributed by atoms with E-state index < -0.39 is 0 Å². The zero-order valence-corrected chi connectivity index (χ0v) is 19.8. The van der Waals surface area contributed by atoms with Crippen molar-refractivity contribution in [2.24, 2.45) is 5.41 Å². The average Bonchev–Trinajstić information content (AvgIpc) is 2.58. The molecule has 0 saturated heterocycles. The van der Waals surface area contributed by atoms with Crippen LogP contribution >= 0.6 is 0 Å². The van der Waals surface area contributed by atoms with Crippen molar-refractivity contribution in [3.8, 4) is 0 Å². The summed E-state index contributed by atoms with van der Waals surface area (Å²) in [5, 5.41) is 0. The minimum atomic E-state index is -0.349. The van der Waals surface area contributed by atoms with Gasteiger partial charge in [0.2, 0.25) is 0 Å². The molecule has 1 aromatic carbocycles. The summed E-state index contributed by atoms with van der Waals surface area (Å²) < 4.78 is 5.16. The predicted molar refractivity (Wildman–Crippen MR) is 121 cm³/mol. The van der Waals surface area contributed by atoms with Gasteiger partial charge in [-0.05, 0) is 113 Å². The summed E-state index contributed by atoms with van der Waals surface area (Å²) in [4.78, 5) is 10.6. The molecule has 28 heavy (non-hydrogen) atoms. The number of ether oxygens (including phenoxy) is 1. The first-order valence-corrected chi connectivity index (χ1v) is 11.2. The molecule has 0 aliphatic rings. The highest BCUT2D eigenvalue weighted by Crippen LogP contribution is 2.27. The maximum absolute atomic E-state index is 10.6. The number of carbonyl (C=O) groups is 1. The van der Waals surface area contributed by atoms with E-state index in [4.69, 9.17) is 4.74 Å². The van der Waals surface area contributed by atoms with Crippen molar-refractivity contribution in [1.29, 1.82) is 0 Å². The molecule has 0 atom stereocenters. The summed E-state index contributed by atoms with van der Waals surface area (Å²) in [6.45, 7) is 18.4. The van der Waals surface area contributed by atoms with Crippen LogP contribution in [0.3, 0.4) is 0 Å². The molecule has 0 fully saturated rings. The molecule has 0 spiro atoms. The van der Waals surface area contributed by atoms with Crippen LogP contribution in [0, 0.1) is 26.2 Å². The largest absolute Gasteiger partial charge is 0.462 e. The van der Waals surface area contributed by atoms with Crippen LogP contribution in [0.15, 0.2) is 6.07 Å². The Morgan fingerprint density at radius 3 is 1.75 bits per heavy atom. The van der Waals surface area contributed by atoms with E-state index in [0.717, 1.165) is 25.7 Å². The highest BCUT2D eigenvalue weighted by Gasteiger charge is 2.18. The third kappa shape index (κ3) is 8.80. The second kappa shape index (κ2) is 11.0. The number of unbranched alkanes of at least 4 members (excludes halogenated alkanes) is 3. The Morgan fingerprint density at radius 1 is 0.750 bits per heavy atom. The van der Waals surface area contributed by atoms with Gasteiger partial charge < -0.3 is 4.74 Å². The van der Waals surface area contributed by atoms with Crippen molar-refractivity contribution < 1.29 is 9.53 Å². The first-order valence-electron chi connectivity index (χ1n) is 11.2. The van der Waals surface area contributed by atoms with Gasteiger partial charge >= 0.3 is 0 Å². The molecule has 0 heterocycles. The van der Waals surface area contributed by atoms with Crippen molar-refractivity contribution in [3.63, 3.8) is 0 Å². The van der Waals surface area contributed by atoms with Gasteiger partial charge in [0, 0.05) is 0 Å². The molecule has 1 aromatic rings. The molecule has 0 saturated carbocycles. The van der Waals surface area contributed by atoms with Crippen LogP contribution in [-0.2, 0) is 22.4 Å². The first kappa shape index (κ1) is 24.7. The molecule has 0 aromatic heterocycles. The molecule has 2 nitrogen and oxygen atoms in total. The molecule has 2 heteroatoms. The number of hydrogen-bond donors (Lipinski definition) is 0. The number of hydrogen-bond acceptors (Lipinski definition) is 2. The molecule has 0 unspecified atom stereocenters. The third-order valence-corrected chi connectivity index (χ3v) is 6.15. The highest BCUT2D eigenvalue weighted by molar-refractivity contribution is 5.44. The van der Waals surface area contributed by atoms with Crippen molar-refractivity contribution in [1.82, 2.24) is 0 Å². The third-order valence-electron chi connectivity index (χ3n) is 6.15. The van der Waals surface area contributed by atoms with Gasteiger partial charge in [-0.3, -0.25) is 4.79 Å². The summed E-state index contributed by atoms with van der Waals surface area (Å²) in [6.07, 6.45) is 10.7. The average molecular weight is 389 g/mol. The summed E-state index contributed by atoms with van der Waals surface area (Å²) in [5.74, 6) is 0. The van der Waals surface area contributed by atoms with Gasteiger partial charge in [0.05, 0.1) is 0 Å². The summed E-state index contributed by atoms with van der Waals surface area (Å²) in [6, 6.07) is 2.47. The smallest absolute Gasteiger partial charge is 0.293 e. The minimum Gasteiger partial charge on any atom is -0.462 e. The van der Waals surface area contributed by atoms with Crippen LogP contribution in [0.4, 0.5) is 0 Å². The van der Waals surface area contributed by atoms with Crippen molar-refractivity contribution in [2.45, 2.75) is 119 Å². The van der Waals surface area contributed by atoms with Crippen molar-refractivity contribution in [3.05, 3.63) is 33.9 Å². The fourth-order valence-electron chi connectivity index (χ4n) is 3.91. The van der Waals surface area contributed by atoms with Crippen LogP contribution in [0.2, 0.25) is 0 Å². The molecular weight excluding hydrogens is 344 g/mol. The Morgan fingerprint density at radius 2 is 1.25 bits per heavy atom. The van der Waals surface area contributed by atoms with Gasteiger partial charge in [-0.2, -0.15) is 0 Å². The highest BCUT2D eigenvalue weighted by atomic mass is 16.5. The van der Waals surface area contributed by atoms with Crippen LogP contribution in [0.25, 0.3) is 0 Å². The van der Waals surface area contributed by atoms with Gasteiger partial charge in [-0.25, -0.2) is 0 Å². The Labute approximate surface area is 174 Å². The van der Waals surface area contributed by atoms with Crippen LogP contribution in [-0.4, -0.2) is 12.1 Å². The van der Waals surface area contributed by atoms with Gasteiger partial charge in [-0.1, -0.05) is 39.7 Å². The molecule has 1 rings (SSSR count). The van der Waals surface area contributed by atoms with Crippen LogP contribution in [0.5, 0.6) is 0 Å². The van der Waals surface area contributed by atoms with Gasteiger partial charge in [0.15, 0.2) is 0 Å². The zero-order valence-electron chi connectivity index (χ0n) is 19.8. The van der Waals surface area contributed by atoms with E-state index in [1.165, 1.54) is 54.4 Å². The van der Waals surface area contributed by atoms with E-state index in [-0.39, 0.29) is 5.60 Å². The Hall–Kier alpha value is -1.31. The molecule has 0 amide bonds. The Balaban J connectivity index is 2.61. The van der Waals surface area contributed by atoms with Crippen molar-refractivity contribution in [2.75, 3.05) is 0 Å². The molecule has 160 valence electrons. The maximum Gasteiger partial charge on any atom is 0.293 e. The Kier molecular flexibility index (Phi) is 9.74. The van der Waals surface area contributed by atoms with E-state index in [1.54, 1.807) is 5.56 Å². The molecule has 0 N–H and O–H groups in total. The molecule has 0 aliphatic carbocycles. The van der Waals surface area contributed by atoms with Gasteiger partial charge in [0.25, 0.3) is 6.47 Å². The fraction of sp³-hybridized carbons (Fsp3) is 0.731.